The molecule has 0 saturated heterocycles. The van der Waals surface area contributed by atoms with Crippen molar-refractivity contribution >= 4 is 40.1 Å². The minimum Gasteiger partial charge on any atom is -0.491 e. The van der Waals surface area contributed by atoms with E-state index >= 15 is 0 Å². The van der Waals surface area contributed by atoms with Crippen molar-refractivity contribution < 1.29 is 24.1 Å². The van der Waals surface area contributed by atoms with E-state index in [0.717, 1.165) is 9.13 Å². The van der Waals surface area contributed by atoms with E-state index in [0.29, 0.717) is 22.8 Å². The number of aliphatic hydroxyl groups is 2. The summed E-state index contributed by atoms with van der Waals surface area (Å²) in [5.74, 6) is -0.323. The first-order chi connectivity index (χ1) is 19.2. The zero-order valence-corrected chi connectivity index (χ0v) is 24.4. The van der Waals surface area contributed by atoms with Gasteiger partial charge in [0.15, 0.2) is 5.15 Å². The highest BCUT2D eigenvalue weighted by Gasteiger charge is 2.29. The number of carbonyl (C=O) groups is 1. The Morgan fingerprint density at radius 1 is 1.15 bits per heavy atom. The third kappa shape index (κ3) is 7.18. The Morgan fingerprint density at radius 3 is 2.50 bits per heavy atom. The number of hydrogen-bond donors (Lipinski definition) is 5. The smallest absolute Gasteiger partial charge is 0.242 e. The predicted molar refractivity (Wildman–Crippen MR) is 159 cm³/mol. The Kier molecular flexibility index (Phi) is 10.1. The van der Waals surface area contributed by atoms with Crippen LogP contribution in [0, 0.1) is 9.39 Å². The van der Waals surface area contributed by atoms with Crippen LogP contribution >= 0.6 is 34.2 Å². The topological polar surface area (TPSA) is 133 Å². The average molecular weight is 679 g/mol. The summed E-state index contributed by atoms with van der Waals surface area (Å²) < 4.78 is 20.9. The predicted octanol–water partition coefficient (Wildman–Crippen LogP) is 4.87. The summed E-state index contributed by atoms with van der Waals surface area (Å²) in [4.78, 5) is 21.0. The maximum Gasteiger partial charge on any atom is 0.242 e. The van der Waals surface area contributed by atoms with E-state index in [1.807, 2.05) is 59.8 Å². The number of nitrogens with one attached hydrogen (secondary N) is 2. The quantitative estimate of drug-likeness (QED) is 0.144. The lowest BCUT2D eigenvalue weighted by Crippen LogP contribution is -2.39. The van der Waals surface area contributed by atoms with E-state index < -0.39 is 36.5 Å². The summed E-state index contributed by atoms with van der Waals surface area (Å²) >= 11 is 8.49. The van der Waals surface area contributed by atoms with Gasteiger partial charge in [-0.3, -0.25) is 4.79 Å². The number of carbonyl (C=O) groups excluding carboxylic acids is 1. The normalized spacial score (nSPS) is 14.3. The molecule has 0 bridgehead atoms. The van der Waals surface area contributed by atoms with E-state index in [1.54, 1.807) is 36.4 Å². The molecule has 1 aromatic heterocycles. The van der Waals surface area contributed by atoms with E-state index in [9.17, 15) is 14.3 Å². The van der Waals surface area contributed by atoms with Crippen LogP contribution in [0.5, 0.6) is 5.75 Å². The van der Waals surface area contributed by atoms with Crippen LogP contribution in [-0.2, 0) is 4.79 Å². The average Bonchev–Trinajstić information content (AvgIpc) is 3.35. The van der Waals surface area contributed by atoms with E-state index in [4.69, 9.17) is 27.2 Å². The van der Waals surface area contributed by atoms with Crippen LogP contribution in [-0.4, -0.2) is 45.4 Å². The van der Waals surface area contributed by atoms with Gasteiger partial charge in [0.05, 0.1) is 18.3 Å². The highest BCUT2D eigenvalue weighted by molar-refractivity contribution is 14.1. The van der Waals surface area contributed by atoms with Gasteiger partial charge >= 0.3 is 0 Å². The van der Waals surface area contributed by atoms with Gasteiger partial charge in [0.25, 0.3) is 0 Å². The van der Waals surface area contributed by atoms with Crippen molar-refractivity contribution in [1.29, 1.82) is 0 Å². The van der Waals surface area contributed by atoms with E-state index in [-0.39, 0.29) is 23.2 Å². The number of aromatic nitrogens is 2. The van der Waals surface area contributed by atoms with Gasteiger partial charge in [-0.2, -0.15) is 0 Å². The monoisotopic (exact) mass is 678 g/mol. The van der Waals surface area contributed by atoms with E-state index in [2.05, 4.69) is 15.3 Å². The zero-order chi connectivity index (χ0) is 28.8. The summed E-state index contributed by atoms with van der Waals surface area (Å²) in [6.45, 7) is 1.47. The van der Waals surface area contributed by atoms with Gasteiger partial charge in [-0.05, 0) is 64.0 Å². The van der Waals surface area contributed by atoms with Crippen LogP contribution < -0.4 is 15.8 Å². The van der Waals surface area contributed by atoms with Crippen LogP contribution in [0.2, 0.25) is 5.15 Å². The Hall–Kier alpha value is -3.03. The second-order valence-electron chi connectivity index (χ2n) is 9.29. The van der Waals surface area contributed by atoms with Crippen molar-refractivity contribution in [1.82, 2.24) is 15.3 Å². The Balaban J connectivity index is 1.59. The summed E-state index contributed by atoms with van der Waals surface area (Å²) in [7, 11) is 0. The van der Waals surface area contributed by atoms with Crippen molar-refractivity contribution in [2.45, 2.75) is 31.0 Å². The van der Waals surface area contributed by atoms with Gasteiger partial charge in [-0.25, -0.2) is 9.37 Å². The highest BCUT2D eigenvalue weighted by Crippen LogP contribution is 2.35. The number of aliphatic hydroxyl groups excluding tert-OH is 2. The standard InChI is InChI=1S/C29H29ClFIN4O4/c1-16(17-5-3-2-4-6-17)25(28-34-26(27(30)36-28)22-12-9-19(32)13-23(22)31)35-29(39)24(33)18-7-10-21(11-8-18)40-15-20(38)14-37/h2-13,16,20,24-25,37-38H,14-15,33H2,1H3,(H,34,36)(H,35,39)/t16-,20?,24?,25-/m0/s1. The molecule has 0 fully saturated rings. The summed E-state index contributed by atoms with van der Waals surface area (Å²) in [5, 5.41) is 21.5. The molecule has 6 N–H and O–H groups in total. The molecule has 0 radical (unpaired) electrons. The number of benzene rings is 3. The summed E-state index contributed by atoms with van der Waals surface area (Å²) in [6.07, 6.45) is -0.992. The van der Waals surface area contributed by atoms with Crippen molar-refractivity contribution in [3.05, 3.63) is 104 Å². The molecule has 1 heterocycles. The first kappa shape index (κ1) is 29.9. The number of halogens is 3. The van der Waals surface area contributed by atoms with Crippen LogP contribution in [0.4, 0.5) is 4.39 Å². The lowest BCUT2D eigenvalue weighted by molar-refractivity contribution is -0.123. The highest BCUT2D eigenvalue weighted by atomic mass is 127. The van der Waals surface area contributed by atoms with Crippen LogP contribution in [0.25, 0.3) is 11.3 Å². The lowest BCUT2D eigenvalue weighted by atomic mass is 9.92. The second-order valence-corrected chi connectivity index (χ2v) is 10.9. The molecule has 0 aliphatic rings. The fourth-order valence-corrected chi connectivity index (χ4v) is 4.87. The number of imidazole rings is 1. The molecule has 40 heavy (non-hydrogen) atoms. The Labute approximate surface area is 249 Å². The molecule has 11 heteroatoms. The Morgan fingerprint density at radius 2 is 1.85 bits per heavy atom. The number of nitrogens with zero attached hydrogens (tertiary/aromatic N) is 1. The first-order valence-electron chi connectivity index (χ1n) is 12.5. The molecule has 4 aromatic rings. The third-order valence-electron chi connectivity index (χ3n) is 6.47. The van der Waals surface area contributed by atoms with Crippen LogP contribution in [0.15, 0.2) is 72.8 Å². The zero-order valence-electron chi connectivity index (χ0n) is 21.5. The van der Waals surface area contributed by atoms with Gasteiger partial charge in [-0.15, -0.1) is 0 Å². The maximum atomic E-state index is 14.8. The van der Waals surface area contributed by atoms with Gasteiger partial charge in [0, 0.05) is 15.1 Å². The van der Waals surface area contributed by atoms with Crippen LogP contribution in [0.3, 0.4) is 0 Å². The molecular formula is C29H29ClFIN4O4. The molecule has 2 unspecified atom stereocenters. The lowest BCUT2D eigenvalue weighted by Gasteiger charge is -2.25. The molecule has 0 aliphatic carbocycles. The number of H-pyrrole nitrogens is 1. The van der Waals surface area contributed by atoms with Crippen molar-refractivity contribution in [2.24, 2.45) is 5.73 Å². The molecule has 0 aliphatic heterocycles. The SMILES string of the molecule is C[C@@H](c1ccccc1)[C@H](NC(=O)C(N)c1ccc(OCC(O)CO)cc1)c1nc(Cl)c(-c2ccc(I)cc2F)[nH]1. The number of ether oxygens (including phenoxy) is 1. The van der Waals surface area contributed by atoms with Gasteiger partial charge in [0.1, 0.15) is 36.1 Å². The molecule has 4 atom stereocenters. The Bertz CT molecular complexity index is 1440. The molecule has 1 amide bonds. The first-order valence-corrected chi connectivity index (χ1v) is 14.0. The third-order valence-corrected chi connectivity index (χ3v) is 7.42. The van der Waals surface area contributed by atoms with Gasteiger partial charge in [0.2, 0.25) is 5.91 Å². The number of rotatable bonds is 11. The molecular weight excluding hydrogens is 650 g/mol. The number of hydrogen-bond acceptors (Lipinski definition) is 6. The van der Waals surface area contributed by atoms with Gasteiger partial charge in [-0.1, -0.05) is 61.0 Å². The van der Waals surface area contributed by atoms with Crippen molar-refractivity contribution in [3.63, 3.8) is 0 Å². The fourth-order valence-electron chi connectivity index (χ4n) is 4.18. The summed E-state index contributed by atoms with van der Waals surface area (Å²) in [6, 6.07) is 19.3. The fraction of sp³-hybridized carbons (Fsp3) is 0.241. The van der Waals surface area contributed by atoms with Crippen molar-refractivity contribution in [3.8, 4) is 17.0 Å². The largest absolute Gasteiger partial charge is 0.491 e. The maximum absolute atomic E-state index is 14.8. The number of aromatic amines is 1. The van der Waals surface area contributed by atoms with Crippen molar-refractivity contribution in [2.75, 3.05) is 13.2 Å². The van der Waals surface area contributed by atoms with Gasteiger partial charge < -0.3 is 31.0 Å². The number of amides is 1. The van der Waals surface area contributed by atoms with Crippen LogP contribution in [0.1, 0.15) is 41.9 Å². The molecule has 3 aromatic carbocycles. The number of nitrogens with two attached hydrogens (primary N) is 1. The minimum atomic E-state index is -1.01. The minimum absolute atomic E-state index is 0.0682. The molecule has 0 spiro atoms. The molecule has 8 nitrogen and oxygen atoms in total. The summed E-state index contributed by atoms with van der Waals surface area (Å²) in [5.41, 5.74) is 8.40. The molecule has 4 rings (SSSR count). The molecule has 0 saturated carbocycles. The van der Waals surface area contributed by atoms with E-state index in [1.165, 1.54) is 6.07 Å². The molecule has 210 valence electrons. The second kappa shape index (κ2) is 13.6.